The lowest BCUT2D eigenvalue weighted by atomic mass is 10.0. The molecule has 15 heavy (non-hydrogen) atoms. The summed E-state index contributed by atoms with van der Waals surface area (Å²) in [5, 5.41) is 10.6. The first-order chi connectivity index (χ1) is 7.11. The van der Waals surface area contributed by atoms with Crippen molar-refractivity contribution in [3.8, 4) is 0 Å². The van der Waals surface area contributed by atoms with Crippen molar-refractivity contribution in [1.29, 1.82) is 0 Å². The van der Waals surface area contributed by atoms with Crippen LogP contribution in [-0.4, -0.2) is 24.0 Å². The van der Waals surface area contributed by atoms with Crippen molar-refractivity contribution >= 4 is 5.97 Å². The minimum absolute atomic E-state index is 0.133. The second-order valence-electron chi connectivity index (χ2n) is 3.55. The van der Waals surface area contributed by atoms with Gasteiger partial charge in [-0.25, -0.2) is 0 Å². The number of ether oxygens (including phenoxy) is 1. The molecule has 5 nitrogen and oxygen atoms in total. The van der Waals surface area contributed by atoms with E-state index in [1.54, 1.807) is 0 Å². The van der Waals surface area contributed by atoms with Crippen molar-refractivity contribution < 1.29 is 14.5 Å². The predicted octanol–water partition coefficient (Wildman–Crippen LogP) is 2.17. The number of unbranched alkanes of at least 4 members (excludes halogenated alkanes) is 2. The van der Waals surface area contributed by atoms with Crippen LogP contribution >= 0.6 is 0 Å². The molecule has 0 amide bonds. The van der Waals surface area contributed by atoms with E-state index in [-0.39, 0.29) is 23.7 Å². The first kappa shape index (κ1) is 13.9. The van der Waals surface area contributed by atoms with Gasteiger partial charge < -0.3 is 4.74 Å². The van der Waals surface area contributed by atoms with E-state index in [0.717, 1.165) is 19.3 Å². The van der Waals surface area contributed by atoms with Gasteiger partial charge in [-0.2, -0.15) is 0 Å². The van der Waals surface area contributed by atoms with Crippen molar-refractivity contribution in [2.24, 2.45) is 0 Å². The summed E-state index contributed by atoms with van der Waals surface area (Å²) in [5.74, 6) is -0.377. The van der Waals surface area contributed by atoms with Gasteiger partial charge in [0.15, 0.2) is 0 Å². The number of rotatable bonds is 8. The summed E-state index contributed by atoms with van der Waals surface area (Å²) in [6.07, 6.45) is 3.86. The molecule has 0 heterocycles. The number of esters is 1. The molecule has 0 aliphatic carbocycles. The van der Waals surface area contributed by atoms with Gasteiger partial charge >= 0.3 is 5.97 Å². The highest BCUT2D eigenvalue weighted by Gasteiger charge is 2.20. The van der Waals surface area contributed by atoms with Crippen molar-refractivity contribution in [2.45, 2.75) is 51.5 Å². The van der Waals surface area contributed by atoms with Gasteiger partial charge in [-0.15, -0.1) is 0 Å². The van der Waals surface area contributed by atoms with Crippen LogP contribution in [-0.2, 0) is 9.53 Å². The summed E-state index contributed by atoms with van der Waals surface area (Å²) in [4.78, 5) is 21.2. The average Bonchev–Trinajstić information content (AvgIpc) is 2.22. The van der Waals surface area contributed by atoms with Crippen molar-refractivity contribution in [2.75, 3.05) is 7.11 Å². The maximum atomic E-state index is 10.8. The largest absolute Gasteiger partial charge is 0.469 e. The van der Waals surface area contributed by atoms with E-state index in [2.05, 4.69) is 11.7 Å². The van der Waals surface area contributed by atoms with E-state index in [9.17, 15) is 14.9 Å². The first-order valence-corrected chi connectivity index (χ1v) is 5.32. The topological polar surface area (TPSA) is 69.4 Å². The third kappa shape index (κ3) is 6.88. The maximum Gasteiger partial charge on any atom is 0.305 e. The Kier molecular flexibility index (Phi) is 7.58. The third-order valence-corrected chi connectivity index (χ3v) is 2.35. The summed E-state index contributed by atoms with van der Waals surface area (Å²) < 4.78 is 4.44. The van der Waals surface area contributed by atoms with Gasteiger partial charge in [-0.05, 0) is 6.42 Å². The van der Waals surface area contributed by atoms with Gasteiger partial charge in [0, 0.05) is 17.8 Å². The third-order valence-electron chi connectivity index (χ3n) is 2.35. The average molecular weight is 217 g/mol. The summed E-state index contributed by atoms with van der Waals surface area (Å²) in [5.41, 5.74) is 0. The van der Waals surface area contributed by atoms with Crippen molar-refractivity contribution in [3.05, 3.63) is 10.1 Å². The quantitative estimate of drug-likeness (QED) is 0.270. The van der Waals surface area contributed by atoms with Gasteiger partial charge in [-0.1, -0.05) is 19.8 Å². The molecular formula is C10H19NO4. The SMILES string of the molecule is CCCCCC(CCC(=O)OC)[N+](=O)[O-]. The zero-order valence-electron chi connectivity index (χ0n) is 9.40. The monoisotopic (exact) mass is 217 g/mol. The van der Waals surface area contributed by atoms with Gasteiger partial charge in [0.1, 0.15) is 0 Å². The lowest BCUT2D eigenvalue weighted by Crippen LogP contribution is -2.20. The molecule has 0 aromatic heterocycles. The van der Waals surface area contributed by atoms with E-state index < -0.39 is 6.04 Å². The molecule has 0 aliphatic heterocycles. The molecule has 0 radical (unpaired) electrons. The van der Waals surface area contributed by atoms with Gasteiger partial charge in [0.2, 0.25) is 6.04 Å². The van der Waals surface area contributed by atoms with Crippen LogP contribution in [0.15, 0.2) is 0 Å². The molecule has 0 aromatic carbocycles. The second-order valence-corrected chi connectivity index (χ2v) is 3.55. The Bertz CT molecular complexity index is 206. The summed E-state index contributed by atoms with van der Waals surface area (Å²) in [6.45, 7) is 2.05. The number of nitro groups is 1. The molecular weight excluding hydrogens is 198 g/mol. The van der Waals surface area contributed by atoms with Crippen molar-refractivity contribution in [3.63, 3.8) is 0 Å². The zero-order valence-corrected chi connectivity index (χ0v) is 9.40. The Hall–Kier alpha value is -1.13. The number of nitrogens with zero attached hydrogens (tertiary/aromatic N) is 1. The van der Waals surface area contributed by atoms with Gasteiger partial charge in [-0.3, -0.25) is 14.9 Å². The van der Waals surface area contributed by atoms with Crippen LogP contribution in [0, 0.1) is 10.1 Å². The highest BCUT2D eigenvalue weighted by atomic mass is 16.6. The van der Waals surface area contributed by atoms with Crippen molar-refractivity contribution in [1.82, 2.24) is 0 Å². The molecule has 0 rings (SSSR count). The Morgan fingerprint density at radius 3 is 2.53 bits per heavy atom. The summed E-state index contributed by atoms with van der Waals surface area (Å²) >= 11 is 0. The van der Waals surface area contributed by atoms with Crippen LogP contribution in [0.1, 0.15) is 45.4 Å². The first-order valence-electron chi connectivity index (χ1n) is 5.32. The van der Waals surface area contributed by atoms with Crippen LogP contribution in [0.4, 0.5) is 0 Å². The zero-order chi connectivity index (χ0) is 11.7. The van der Waals surface area contributed by atoms with E-state index in [1.165, 1.54) is 7.11 Å². The highest BCUT2D eigenvalue weighted by Crippen LogP contribution is 2.11. The molecule has 1 unspecified atom stereocenters. The molecule has 0 N–H and O–H groups in total. The number of carbonyl (C=O) groups is 1. The fourth-order valence-corrected chi connectivity index (χ4v) is 1.37. The smallest absolute Gasteiger partial charge is 0.305 e. The van der Waals surface area contributed by atoms with Gasteiger partial charge in [0.05, 0.1) is 13.5 Å². The number of hydrogen-bond donors (Lipinski definition) is 0. The molecule has 0 bridgehead atoms. The molecule has 0 aromatic rings. The Morgan fingerprint density at radius 1 is 1.40 bits per heavy atom. The number of hydrogen-bond acceptors (Lipinski definition) is 4. The molecule has 5 heteroatoms. The lowest BCUT2D eigenvalue weighted by Gasteiger charge is -2.07. The Morgan fingerprint density at radius 2 is 2.07 bits per heavy atom. The van der Waals surface area contributed by atoms with Crippen LogP contribution in [0.25, 0.3) is 0 Å². The molecule has 1 atom stereocenters. The standard InChI is InChI=1S/C10H19NO4/c1-3-4-5-6-9(11(13)14)7-8-10(12)15-2/h9H,3-8H2,1-2H3. The van der Waals surface area contributed by atoms with E-state index in [4.69, 9.17) is 0 Å². The predicted molar refractivity (Wildman–Crippen MR) is 56.2 cm³/mol. The fourth-order valence-electron chi connectivity index (χ4n) is 1.37. The van der Waals surface area contributed by atoms with E-state index >= 15 is 0 Å². The molecule has 88 valence electrons. The van der Waals surface area contributed by atoms with Crippen LogP contribution < -0.4 is 0 Å². The van der Waals surface area contributed by atoms with Crippen LogP contribution in [0.5, 0.6) is 0 Å². The normalized spacial score (nSPS) is 12.1. The molecule has 0 aliphatic rings. The van der Waals surface area contributed by atoms with Crippen LogP contribution in [0.2, 0.25) is 0 Å². The molecule has 0 saturated heterocycles. The highest BCUT2D eigenvalue weighted by molar-refractivity contribution is 5.69. The summed E-state index contributed by atoms with van der Waals surface area (Å²) in [7, 11) is 1.29. The maximum absolute atomic E-state index is 10.8. The van der Waals surface area contributed by atoms with Gasteiger partial charge in [0.25, 0.3) is 0 Å². The second kappa shape index (κ2) is 8.20. The van der Waals surface area contributed by atoms with E-state index in [1.807, 2.05) is 0 Å². The molecule has 0 saturated carbocycles. The summed E-state index contributed by atoms with van der Waals surface area (Å²) in [6, 6.07) is -0.601. The minimum atomic E-state index is -0.601. The fraction of sp³-hybridized carbons (Fsp3) is 0.900. The Labute approximate surface area is 90.0 Å². The number of carbonyl (C=O) groups excluding carboxylic acids is 1. The lowest BCUT2D eigenvalue weighted by molar-refractivity contribution is -0.524. The molecule has 0 spiro atoms. The minimum Gasteiger partial charge on any atom is -0.469 e. The van der Waals surface area contributed by atoms with Crippen LogP contribution in [0.3, 0.4) is 0 Å². The molecule has 0 fully saturated rings. The number of methoxy groups -OCH3 is 1. The van der Waals surface area contributed by atoms with E-state index in [0.29, 0.717) is 6.42 Å². The Balaban J connectivity index is 3.83.